The Morgan fingerprint density at radius 1 is 0.840 bits per heavy atom. The van der Waals surface area contributed by atoms with E-state index in [2.05, 4.69) is 10.6 Å². The molecule has 4 N–H and O–H groups in total. The number of aliphatic hydroxyl groups is 1. The van der Waals surface area contributed by atoms with Gasteiger partial charge in [0.05, 0.1) is 6.42 Å². The fourth-order valence-electron chi connectivity index (χ4n) is 1.17. The lowest BCUT2D eigenvalue weighted by molar-refractivity contribution is -0.136. The smallest absolute Gasteiger partial charge is 0.407 e. The summed E-state index contributed by atoms with van der Waals surface area (Å²) in [6.45, 7) is 11.2. The van der Waals surface area contributed by atoms with Crippen molar-refractivity contribution in [1.29, 1.82) is 0 Å². The fraction of sp³-hybridized carbons (Fsp3) is 0.812. The summed E-state index contributed by atoms with van der Waals surface area (Å²) in [5.74, 6) is -0.948. The number of ether oxygens (including phenoxy) is 2. The first kappa shape index (κ1) is 25.2. The second-order valence-corrected chi connectivity index (χ2v) is 7.08. The number of aliphatic hydroxyl groups excluding tert-OH is 1. The maximum atomic E-state index is 10.9. The Kier molecular flexibility index (Phi) is 12.5. The predicted octanol–water partition coefficient (Wildman–Crippen LogP) is 1.88. The molecule has 0 aromatic carbocycles. The summed E-state index contributed by atoms with van der Waals surface area (Å²) in [5.41, 5.74) is -1.00. The van der Waals surface area contributed by atoms with Crippen LogP contribution in [-0.2, 0) is 14.3 Å². The third kappa shape index (κ3) is 24.3. The summed E-state index contributed by atoms with van der Waals surface area (Å²) in [5, 5.41) is 21.5. The number of hydrogen-bond acceptors (Lipinski definition) is 6. The van der Waals surface area contributed by atoms with Crippen LogP contribution >= 0.6 is 0 Å². The zero-order valence-electron chi connectivity index (χ0n) is 16.0. The summed E-state index contributed by atoms with van der Waals surface area (Å²) in [7, 11) is 0. The number of carbonyl (C=O) groups excluding carboxylic acids is 2. The maximum Gasteiger partial charge on any atom is 0.407 e. The third-order valence-electron chi connectivity index (χ3n) is 2.01. The van der Waals surface area contributed by atoms with Crippen LogP contribution in [0.4, 0.5) is 9.59 Å². The third-order valence-corrected chi connectivity index (χ3v) is 2.01. The molecule has 2 amide bonds. The minimum absolute atomic E-state index is 0.0792. The van der Waals surface area contributed by atoms with Crippen LogP contribution in [0.2, 0.25) is 0 Å². The lowest BCUT2D eigenvalue weighted by Crippen LogP contribution is -2.33. The number of hydrogen-bond donors (Lipinski definition) is 4. The van der Waals surface area contributed by atoms with Crippen LogP contribution in [0, 0.1) is 0 Å². The molecule has 0 rings (SSSR count). The van der Waals surface area contributed by atoms with E-state index in [1.165, 1.54) is 0 Å². The summed E-state index contributed by atoms with van der Waals surface area (Å²) >= 11 is 0. The first-order valence-corrected chi connectivity index (χ1v) is 8.03. The molecule has 0 spiro atoms. The quantitative estimate of drug-likeness (QED) is 0.529. The van der Waals surface area contributed by atoms with Crippen molar-refractivity contribution in [2.45, 2.75) is 65.6 Å². The Morgan fingerprint density at radius 2 is 1.24 bits per heavy atom. The Bertz CT molecular complexity index is 412. The Hall–Kier alpha value is -2.03. The molecule has 9 heteroatoms. The van der Waals surface area contributed by atoms with Crippen molar-refractivity contribution in [2.75, 3.05) is 19.7 Å². The second kappa shape index (κ2) is 12.3. The van der Waals surface area contributed by atoms with Crippen molar-refractivity contribution in [3.8, 4) is 0 Å². The fourth-order valence-corrected chi connectivity index (χ4v) is 1.17. The highest BCUT2D eigenvalue weighted by atomic mass is 16.6. The van der Waals surface area contributed by atoms with E-state index in [0.717, 1.165) is 0 Å². The average Bonchev–Trinajstić information content (AvgIpc) is 2.34. The zero-order chi connectivity index (χ0) is 20.1. The number of nitrogens with one attached hydrogen (secondary N) is 2. The topological polar surface area (TPSA) is 134 Å². The average molecular weight is 364 g/mol. The number of carbonyl (C=O) groups is 3. The normalized spacial score (nSPS) is 10.8. The van der Waals surface area contributed by atoms with Gasteiger partial charge in [0.1, 0.15) is 11.2 Å². The largest absolute Gasteiger partial charge is 0.481 e. The van der Waals surface area contributed by atoms with Crippen molar-refractivity contribution in [3.63, 3.8) is 0 Å². The van der Waals surface area contributed by atoms with Gasteiger partial charge >= 0.3 is 18.2 Å². The van der Waals surface area contributed by atoms with Crippen molar-refractivity contribution >= 4 is 18.2 Å². The number of alkyl carbamates (subject to hydrolysis) is 2. The summed E-state index contributed by atoms with van der Waals surface area (Å²) in [6, 6.07) is 0. The van der Waals surface area contributed by atoms with E-state index in [-0.39, 0.29) is 19.6 Å². The molecule has 0 aromatic rings. The van der Waals surface area contributed by atoms with Crippen molar-refractivity contribution in [2.24, 2.45) is 0 Å². The molecule has 0 bridgehead atoms. The summed E-state index contributed by atoms with van der Waals surface area (Å²) in [4.78, 5) is 31.9. The molecular formula is C16H32N2O7. The van der Waals surface area contributed by atoms with Crippen LogP contribution in [0.5, 0.6) is 0 Å². The lowest BCUT2D eigenvalue weighted by Gasteiger charge is -2.19. The zero-order valence-corrected chi connectivity index (χ0v) is 16.0. The number of aliphatic carboxylic acids is 1. The molecule has 0 atom stereocenters. The molecule has 0 heterocycles. The molecule has 25 heavy (non-hydrogen) atoms. The van der Waals surface area contributed by atoms with Gasteiger partial charge in [-0.3, -0.25) is 4.79 Å². The molecule has 148 valence electrons. The summed E-state index contributed by atoms with van der Waals surface area (Å²) in [6.07, 6.45) is -0.567. The van der Waals surface area contributed by atoms with Crippen LogP contribution in [0.3, 0.4) is 0 Å². The van der Waals surface area contributed by atoms with Crippen LogP contribution in [0.15, 0.2) is 0 Å². The minimum Gasteiger partial charge on any atom is -0.481 e. The Morgan fingerprint density at radius 3 is 1.56 bits per heavy atom. The standard InChI is InChI=1S/C8H15NO4.C8H17NO3/c1-8(2,3)13-7(12)9-5-4-6(10)11;1-8(2,3)12-7(11)9-5-4-6-10/h4-5H2,1-3H3,(H,9,12)(H,10,11);10H,4-6H2,1-3H3,(H,9,11). The van der Waals surface area contributed by atoms with Crippen LogP contribution in [0.25, 0.3) is 0 Å². The molecule has 0 saturated carbocycles. The minimum atomic E-state index is -0.948. The molecule has 0 radical (unpaired) electrons. The SMILES string of the molecule is CC(C)(C)OC(=O)NCCC(=O)O.CC(C)(C)OC(=O)NCCCO. The first-order valence-electron chi connectivity index (χ1n) is 8.03. The molecule has 0 unspecified atom stereocenters. The van der Waals surface area contributed by atoms with E-state index in [1.54, 1.807) is 41.5 Å². The van der Waals surface area contributed by atoms with Gasteiger partial charge in [0, 0.05) is 19.7 Å². The highest BCUT2D eigenvalue weighted by Gasteiger charge is 2.16. The van der Waals surface area contributed by atoms with Gasteiger partial charge in [-0.05, 0) is 48.0 Å². The monoisotopic (exact) mass is 364 g/mol. The number of carboxylic acids is 1. The molecule has 0 aliphatic heterocycles. The van der Waals surface area contributed by atoms with Crippen molar-refractivity contribution < 1.29 is 34.1 Å². The van der Waals surface area contributed by atoms with Gasteiger partial charge in [-0.1, -0.05) is 0 Å². The van der Waals surface area contributed by atoms with E-state index in [9.17, 15) is 14.4 Å². The van der Waals surface area contributed by atoms with Gasteiger partial charge in [-0.25, -0.2) is 9.59 Å². The Balaban J connectivity index is 0. The highest BCUT2D eigenvalue weighted by Crippen LogP contribution is 2.06. The van der Waals surface area contributed by atoms with Crippen LogP contribution in [-0.4, -0.2) is 59.3 Å². The molecule has 9 nitrogen and oxygen atoms in total. The predicted molar refractivity (Wildman–Crippen MR) is 92.4 cm³/mol. The maximum absolute atomic E-state index is 10.9. The number of carboxylic acid groups (broad SMARTS) is 1. The van der Waals surface area contributed by atoms with E-state index < -0.39 is 29.4 Å². The van der Waals surface area contributed by atoms with Crippen LogP contribution < -0.4 is 10.6 Å². The Labute approximate surface area is 149 Å². The lowest BCUT2D eigenvalue weighted by atomic mass is 10.2. The molecule has 0 aliphatic carbocycles. The van der Waals surface area contributed by atoms with Crippen molar-refractivity contribution in [1.82, 2.24) is 10.6 Å². The first-order chi connectivity index (χ1) is 11.3. The number of amides is 2. The van der Waals surface area contributed by atoms with E-state index in [4.69, 9.17) is 19.7 Å². The summed E-state index contributed by atoms with van der Waals surface area (Å²) < 4.78 is 9.83. The highest BCUT2D eigenvalue weighted by molar-refractivity contribution is 5.70. The van der Waals surface area contributed by atoms with Gasteiger partial charge in [-0.2, -0.15) is 0 Å². The van der Waals surface area contributed by atoms with E-state index >= 15 is 0 Å². The van der Waals surface area contributed by atoms with Gasteiger partial charge in [0.2, 0.25) is 0 Å². The number of rotatable bonds is 6. The van der Waals surface area contributed by atoms with Crippen LogP contribution in [0.1, 0.15) is 54.4 Å². The van der Waals surface area contributed by atoms with E-state index in [0.29, 0.717) is 13.0 Å². The van der Waals surface area contributed by atoms with Gasteiger partial charge in [0.25, 0.3) is 0 Å². The van der Waals surface area contributed by atoms with E-state index in [1.807, 2.05) is 0 Å². The molecule has 0 fully saturated rings. The molecule has 0 saturated heterocycles. The second-order valence-electron chi connectivity index (χ2n) is 7.08. The molecule has 0 aromatic heterocycles. The van der Waals surface area contributed by atoms with Gasteiger partial charge in [0.15, 0.2) is 0 Å². The molecular weight excluding hydrogens is 332 g/mol. The van der Waals surface area contributed by atoms with Gasteiger partial charge in [-0.15, -0.1) is 0 Å². The van der Waals surface area contributed by atoms with Crippen molar-refractivity contribution in [3.05, 3.63) is 0 Å². The van der Waals surface area contributed by atoms with Gasteiger partial charge < -0.3 is 30.3 Å². The molecule has 0 aliphatic rings.